The van der Waals surface area contributed by atoms with Crippen molar-refractivity contribution in [1.29, 1.82) is 0 Å². The highest BCUT2D eigenvalue weighted by Crippen LogP contribution is 2.37. The second-order valence-electron chi connectivity index (χ2n) is 8.00. The summed E-state index contributed by atoms with van der Waals surface area (Å²) in [5, 5.41) is 18.0. The van der Waals surface area contributed by atoms with E-state index in [1.54, 1.807) is 13.8 Å². The summed E-state index contributed by atoms with van der Waals surface area (Å²) in [6.45, 7) is 9.77. The molecule has 2 unspecified atom stereocenters. The highest BCUT2D eigenvalue weighted by atomic mass is 32.3. The van der Waals surface area contributed by atoms with Gasteiger partial charge in [-0.05, 0) is 30.4 Å². The fourth-order valence-corrected chi connectivity index (χ4v) is 6.99. The maximum atomic E-state index is 12.8. The molecule has 1 aliphatic heterocycles. The molecule has 1 aromatic carbocycles. The van der Waals surface area contributed by atoms with Crippen molar-refractivity contribution in [3.8, 4) is 0 Å². The summed E-state index contributed by atoms with van der Waals surface area (Å²) in [4.78, 5) is 24.5. The van der Waals surface area contributed by atoms with Gasteiger partial charge in [-0.2, -0.15) is 0 Å². The summed E-state index contributed by atoms with van der Waals surface area (Å²) in [5.74, 6) is 1.42. The lowest BCUT2D eigenvalue weighted by molar-refractivity contribution is 0.227. The second kappa shape index (κ2) is 9.42. The van der Waals surface area contributed by atoms with Crippen molar-refractivity contribution < 1.29 is 17.9 Å². The summed E-state index contributed by atoms with van der Waals surface area (Å²) in [6, 6.07) is 3.29. The summed E-state index contributed by atoms with van der Waals surface area (Å²) in [5.41, 5.74) is -1.12. The number of hydrogen-bond donors (Lipinski definition) is 3. The quantitative estimate of drug-likeness (QED) is 0.436. The smallest absolute Gasteiger partial charge is 0.253 e. The minimum Gasteiger partial charge on any atom is -0.464 e. The van der Waals surface area contributed by atoms with Crippen LogP contribution in [0.25, 0.3) is 0 Å². The highest BCUT2D eigenvalue weighted by molar-refractivity contribution is 8.14. The predicted octanol–water partition coefficient (Wildman–Crippen LogP) is 2.35. The van der Waals surface area contributed by atoms with Gasteiger partial charge in [0.25, 0.3) is 10.9 Å². The van der Waals surface area contributed by atoms with E-state index in [-0.39, 0.29) is 29.0 Å². The third kappa shape index (κ3) is 4.39. The van der Waals surface area contributed by atoms with Crippen LogP contribution < -0.4 is 21.5 Å². The van der Waals surface area contributed by atoms with Gasteiger partial charge in [0.1, 0.15) is 29.0 Å². The average molecular weight is 484 g/mol. The molecule has 0 saturated carbocycles. The number of anilines is 2. The Morgan fingerprint density at radius 3 is 2.31 bits per heavy atom. The van der Waals surface area contributed by atoms with Crippen molar-refractivity contribution in [3.63, 3.8) is 0 Å². The zero-order chi connectivity index (χ0) is 23.8. The van der Waals surface area contributed by atoms with Crippen LogP contribution in [0.15, 0.2) is 37.2 Å². The van der Waals surface area contributed by atoms with Crippen molar-refractivity contribution >= 4 is 33.2 Å². The van der Waals surface area contributed by atoms with E-state index in [0.29, 0.717) is 18.8 Å². The molecule has 0 amide bonds. The highest BCUT2D eigenvalue weighted by Gasteiger charge is 2.42. The van der Waals surface area contributed by atoms with Gasteiger partial charge in [0.05, 0.1) is 11.7 Å². The number of aryl methyl sites for hydroxylation is 1. The fraction of sp³-hybridized carbons (Fsp3) is 0.524. The first-order chi connectivity index (χ1) is 15.0. The molecule has 176 valence electrons. The van der Waals surface area contributed by atoms with Gasteiger partial charge >= 0.3 is 0 Å². The number of aliphatic hydroxyl groups is 1. The van der Waals surface area contributed by atoms with E-state index in [0.717, 1.165) is 17.5 Å². The summed E-state index contributed by atoms with van der Waals surface area (Å²) >= 11 is 0.964. The first-order valence-corrected chi connectivity index (χ1v) is 12.9. The van der Waals surface area contributed by atoms with Crippen molar-refractivity contribution in [1.82, 2.24) is 4.31 Å². The third-order valence-electron chi connectivity index (χ3n) is 5.48. The van der Waals surface area contributed by atoms with Crippen LogP contribution in [-0.2, 0) is 10.0 Å². The van der Waals surface area contributed by atoms with E-state index in [1.165, 1.54) is 9.71 Å². The SMILES string of the molecule is CCN(CC)S(=O)(=O)C1SC=C(Nc2c(N[C@@H](c3ccc(C)o3)C(C)C)c(=O)c2=O)C1O. The molecule has 0 aliphatic carbocycles. The van der Waals surface area contributed by atoms with Crippen LogP contribution in [0.4, 0.5) is 11.4 Å². The molecule has 3 atom stereocenters. The Morgan fingerprint density at radius 2 is 1.78 bits per heavy atom. The molecular weight excluding hydrogens is 454 g/mol. The number of aliphatic hydroxyl groups excluding tert-OH is 1. The largest absolute Gasteiger partial charge is 0.464 e. The molecule has 0 bridgehead atoms. The number of sulfonamides is 1. The van der Waals surface area contributed by atoms with Crippen LogP contribution in [0.2, 0.25) is 0 Å². The monoisotopic (exact) mass is 483 g/mol. The molecule has 3 rings (SSSR count). The van der Waals surface area contributed by atoms with Gasteiger partial charge in [0, 0.05) is 13.1 Å². The van der Waals surface area contributed by atoms with Gasteiger partial charge in [-0.3, -0.25) is 9.59 Å². The normalized spacial score (nSPS) is 20.2. The van der Waals surface area contributed by atoms with E-state index in [1.807, 2.05) is 32.9 Å². The van der Waals surface area contributed by atoms with Gasteiger partial charge in [0.15, 0.2) is 4.58 Å². The Kier molecular flexibility index (Phi) is 7.23. The van der Waals surface area contributed by atoms with Crippen LogP contribution in [0.5, 0.6) is 0 Å². The van der Waals surface area contributed by atoms with Gasteiger partial charge < -0.3 is 20.2 Å². The van der Waals surface area contributed by atoms with Crippen LogP contribution in [0.1, 0.15) is 45.3 Å². The zero-order valence-corrected chi connectivity index (χ0v) is 20.3. The summed E-state index contributed by atoms with van der Waals surface area (Å²) in [6.07, 6.45) is -1.36. The molecule has 32 heavy (non-hydrogen) atoms. The maximum Gasteiger partial charge on any atom is 0.253 e. The van der Waals surface area contributed by atoms with Crippen molar-refractivity contribution in [2.24, 2.45) is 5.92 Å². The molecule has 3 N–H and O–H groups in total. The third-order valence-corrected chi connectivity index (χ3v) is 9.54. The van der Waals surface area contributed by atoms with E-state index in [9.17, 15) is 23.1 Å². The lowest BCUT2D eigenvalue weighted by atomic mass is 10.0. The molecule has 2 aromatic rings. The molecule has 0 spiro atoms. The Hall–Kier alpha value is -2.08. The number of nitrogens with zero attached hydrogens (tertiary/aromatic N) is 1. The standard InChI is InChI=1S/C21H29N3O6S2/c1-6-24(7-2)32(28,29)21-18(25)13(10-31-21)22-16-17(20(27)19(16)26)23-15(11(3)4)14-9-8-12(5)30-14/h8-11,15,18,21-23,25H,6-7H2,1-5H3/t15-,18?,21?/m1/s1. The molecule has 11 heteroatoms. The topological polar surface area (TPSA) is 129 Å². The number of furan rings is 1. The molecule has 2 heterocycles. The molecule has 1 aromatic heterocycles. The van der Waals surface area contributed by atoms with E-state index < -0.39 is 31.6 Å². The minimum absolute atomic E-state index is 0.00992. The molecule has 0 radical (unpaired) electrons. The molecule has 9 nitrogen and oxygen atoms in total. The summed E-state index contributed by atoms with van der Waals surface area (Å²) < 4.78 is 31.5. The number of nitrogens with one attached hydrogen (secondary N) is 2. The maximum absolute atomic E-state index is 12.8. The first kappa shape index (κ1) is 24.6. The van der Waals surface area contributed by atoms with Crippen LogP contribution >= 0.6 is 11.8 Å². The lowest BCUT2D eigenvalue weighted by Crippen LogP contribution is -2.43. The zero-order valence-electron chi connectivity index (χ0n) is 18.7. The van der Waals surface area contributed by atoms with Crippen LogP contribution in [-0.4, -0.2) is 41.6 Å². The van der Waals surface area contributed by atoms with E-state index in [4.69, 9.17) is 4.42 Å². The van der Waals surface area contributed by atoms with Gasteiger partial charge in [-0.1, -0.05) is 27.7 Å². The minimum atomic E-state index is -3.75. The second-order valence-corrected chi connectivity index (χ2v) is 11.4. The number of rotatable bonds is 10. The van der Waals surface area contributed by atoms with E-state index in [2.05, 4.69) is 10.6 Å². The van der Waals surface area contributed by atoms with Crippen molar-refractivity contribution in [2.75, 3.05) is 23.7 Å². The lowest BCUT2D eigenvalue weighted by Gasteiger charge is -2.26. The van der Waals surface area contributed by atoms with Gasteiger partial charge in [0.2, 0.25) is 10.0 Å². The fourth-order valence-electron chi connectivity index (χ4n) is 3.63. The average Bonchev–Trinajstić information content (AvgIpc) is 3.33. The number of thioether (sulfide) groups is 1. The van der Waals surface area contributed by atoms with Crippen molar-refractivity contribution in [3.05, 3.63) is 55.2 Å². The Bertz CT molecular complexity index is 1170. The number of hydrogen-bond acceptors (Lipinski definition) is 9. The Labute approximate surface area is 191 Å². The predicted molar refractivity (Wildman–Crippen MR) is 127 cm³/mol. The molecular formula is C21H29N3O6S2. The Balaban J connectivity index is 1.81. The van der Waals surface area contributed by atoms with Gasteiger partial charge in [-0.15, -0.1) is 11.8 Å². The molecule has 0 fully saturated rings. The first-order valence-electron chi connectivity index (χ1n) is 10.5. The van der Waals surface area contributed by atoms with Crippen LogP contribution in [0, 0.1) is 12.8 Å². The van der Waals surface area contributed by atoms with Crippen molar-refractivity contribution in [2.45, 2.75) is 51.3 Å². The van der Waals surface area contributed by atoms with E-state index >= 15 is 0 Å². The molecule has 0 saturated heterocycles. The Morgan fingerprint density at radius 1 is 1.16 bits per heavy atom. The van der Waals surface area contributed by atoms with Crippen LogP contribution in [0.3, 0.4) is 0 Å². The summed E-state index contributed by atoms with van der Waals surface area (Å²) in [7, 11) is -3.75. The van der Waals surface area contributed by atoms with Gasteiger partial charge in [-0.25, -0.2) is 12.7 Å². The molecule has 1 aliphatic rings.